The third kappa shape index (κ3) is 3.51. The van der Waals surface area contributed by atoms with E-state index < -0.39 is 37.3 Å². The maximum Gasteiger partial charge on any atom is 0.186 e. The Balaban J connectivity index is 2.50. The lowest BCUT2D eigenvalue weighted by atomic mass is 9.99. The van der Waals surface area contributed by atoms with Crippen LogP contribution in [0.15, 0.2) is 5.11 Å². The van der Waals surface area contributed by atoms with Crippen molar-refractivity contribution in [3.8, 4) is 0 Å². The minimum absolute atomic E-state index is 0.00719. The topological polar surface area (TPSA) is 148 Å². The quantitative estimate of drug-likeness (QED) is 0.194. The molecule has 5 atom stereocenters. The van der Waals surface area contributed by atoms with Crippen molar-refractivity contribution >= 4 is 0 Å². The van der Waals surface area contributed by atoms with E-state index in [9.17, 15) is 15.3 Å². The molecule has 0 bridgehead atoms. The van der Waals surface area contributed by atoms with Gasteiger partial charge in [-0.05, 0) is 5.53 Å². The molecule has 1 rings (SSSR count). The van der Waals surface area contributed by atoms with Crippen molar-refractivity contribution in [3.05, 3.63) is 10.4 Å². The van der Waals surface area contributed by atoms with Gasteiger partial charge in [-0.2, -0.15) is 0 Å². The first-order valence-corrected chi connectivity index (χ1v) is 5.04. The number of azide groups is 1. The zero-order valence-electron chi connectivity index (χ0n) is 8.96. The fourth-order valence-corrected chi connectivity index (χ4v) is 1.46. The second-order valence-electron chi connectivity index (χ2n) is 3.52. The smallest absolute Gasteiger partial charge is 0.186 e. The van der Waals surface area contributed by atoms with Gasteiger partial charge in [-0.1, -0.05) is 5.11 Å². The van der Waals surface area contributed by atoms with Gasteiger partial charge in [-0.25, -0.2) is 0 Å². The molecule has 1 heterocycles. The highest BCUT2D eigenvalue weighted by atomic mass is 16.7. The Bertz CT molecular complexity index is 282. The van der Waals surface area contributed by atoms with Gasteiger partial charge in [0.05, 0.1) is 13.2 Å². The molecule has 1 aliphatic rings. The minimum atomic E-state index is -1.47. The van der Waals surface area contributed by atoms with Crippen molar-refractivity contribution in [1.29, 1.82) is 0 Å². The van der Waals surface area contributed by atoms with Crippen LogP contribution in [0.25, 0.3) is 10.4 Å². The number of ether oxygens (including phenoxy) is 2. The Hall–Kier alpha value is -0.930. The predicted molar refractivity (Wildman–Crippen MR) is 53.7 cm³/mol. The third-order valence-electron chi connectivity index (χ3n) is 2.39. The standard InChI is InChI=1S/C8H15N3O6/c9-11-10-1-2-16-8-7(15)6(14)5(13)4(3-12)17-8/h4-8,12-15H,1-3H2/t4?,5-,6?,7?,8?/m0/s1. The van der Waals surface area contributed by atoms with Crippen molar-refractivity contribution < 1.29 is 29.9 Å². The fraction of sp³-hybridized carbons (Fsp3) is 1.00. The molecule has 1 aliphatic heterocycles. The van der Waals surface area contributed by atoms with Crippen molar-refractivity contribution in [2.24, 2.45) is 5.11 Å². The molecule has 0 saturated carbocycles. The van der Waals surface area contributed by atoms with Crippen LogP contribution in [0, 0.1) is 0 Å². The van der Waals surface area contributed by atoms with Crippen LogP contribution in [-0.2, 0) is 9.47 Å². The van der Waals surface area contributed by atoms with Gasteiger partial charge in [0.25, 0.3) is 0 Å². The summed E-state index contributed by atoms with van der Waals surface area (Å²) in [6, 6.07) is 0. The summed E-state index contributed by atoms with van der Waals surface area (Å²) in [5.41, 5.74) is 8.03. The summed E-state index contributed by atoms with van der Waals surface area (Å²) in [6.07, 6.45) is -6.49. The van der Waals surface area contributed by atoms with Crippen molar-refractivity contribution in [2.75, 3.05) is 19.8 Å². The average molecular weight is 249 g/mol. The zero-order chi connectivity index (χ0) is 12.8. The second kappa shape index (κ2) is 6.72. The predicted octanol–water partition coefficient (Wildman–Crippen LogP) is -1.89. The van der Waals surface area contributed by atoms with E-state index >= 15 is 0 Å². The van der Waals surface area contributed by atoms with E-state index in [0.717, 1.165) is 0 Å². The van der Waals surface area contributed by atoms with E-state index in [2.05, 4.69) is 10.0 Å². The first kappa shape index (κ1) is 14.1. The molecule has 0 aromatic carbocycles. The molecular formula is C8H15N3O6. The molecule has 0 aromatic rings. The van der Waals surface area contributed by atoms with E-state index in [1.165, 1.54) is 0 Å². The largest absolute Gasteiger partial charge is 0.394 e. The van der Waals surface area contributed by atoms with Gasteiger partial charge in [0.1, 0.15) is 24.4 Å². The number of hydrogen-bond donors (Lipinski definition) is 4. The molecular weight excluding hydrogens is 234 g/mol. The van der Waals surface area contributed by atoms with E-state index in [1.54, 1.807) is 0 Å². The molecule has 1 saturated heterocycles. The normalized spacial score (nSPS) is 37.5. The summed E-state index contributed by atoms with van der Waals surface area (Å²) in [5.74, 6) is 0. The highest BCUT2D eigenvalue weighted by molar-refractivity contribution is 4.88. The molecule has 98 valence electrons. The highest BCUT2D eigenvalue weighted by Crippen LogP contribution is 2.21. The van der Waals surface area contributed by atoms with E-state index in [4.69, 9.17) is 20.1 Å². The summed E-state index contributed by atoms with van der Waals surface area (Å²) in [5, 5.41) is 40.5. The maximum atomic E-state index is 9.53. The Labute approximate surface area is 96.8 Å². The maximum absolute atomic E-state index is 9.53. The van der Waals surface area contributed by atoms with E-state index in [1.807, 2.05) is 0 Å². The number of nitrogens with zero attached hydrogens (tertiary/aromatic N) is 3. The second-order valence-corrected chi connectivity index (χ2v) is 3.52. The van der Waals surface area contributed by atoms with Gasteiger partial charge in [0.2, 0.25) is 0 Å². The van der Waals surface area contributed by atoms with Crippen LogP contribution in [0.4, 0.5) is 0 Å². The molecule has 0 radical (unpaired) electrons. The van der Waals surface area contributed by atoms with Crippen molar-refractivity contribution in [2.45, 2.75) is 30.7 Å². The Morgan fingerprint density at radius 3 is 2.53 bits per heavy atom. The first-order valence-electron chi connectivity index (χ1n) is 5.04. The Morgan fingerprint density at radius 1 is 1.24 bits per heavy atom. The first-order chi connectivity index (χ1) is 8.11. The van der Waals surface area contributed by atoms with Gasteiger partial charge in [-0.15, -0.1) is 0 Å². The zero-order valence-corrected chi connectivity index (χ0v) is 8.96. The monoisotopic (exact) mass is 249 g/mol. The molecule has 0 amide bonds. The van der Waals surface area contributed by atoms with Crippen LogP contribution in [0.3, 0.4) is 0 Å². The van der Waals surface area contributed by atoms with Crippen molar-refractivity contribution in [3.63, 3.8) is 0 Å². The Kier molecular flexibility index (Phi) is 5.59. The highest BCUT2D eigenvalue weighted by Gasteiger charge is 2.43. The van der Waals surface area contributed by atoms with Crippen LogP contribution in [0.1, 0.15) is 0 Å². The summed E-state index contributed by atoms with van der Waals surface area (Å²) >= 11 is 0. The molecule has 0 aliphatic carbocycles. The number of aliphatic hydroxyl groups excluding tert-OH is 4. The van der Waals surface area contributed by atoms with E-state index in [0.29, 0.717) is 0 Å². The lowest BCUT2D eigenvalue weighted by Gasteiger charge is -2.39. The molecule has 4 unspecified atom stereocenters. The molecule has 9 nitrogen and oxygen atoms in total. The minimum Gasteiger partial charge on any atom is -0.394 e. The average Bonchev–Trinajstić information content (AvgIpc) is 2.34. The molecule has 0 aromatic heterocycles. The van der Waals surface area contributed by atoms with E-state index in [-0.39, 0.29) is 13.2 Å². The van der Waals surface area contributed by atoms with Crippen LogP contribution >= 0.6 is 0 Å². The van der Waals surface area contributed by atoms with Crippen LogP contribution < -0.4 is 0 Å². The summed E-state index contributed by atoms with van der Waals surface area (Å²) in [7, 11) is 0. The van der Waals surface area contributed by atoms with Gasteiger partial charge in [-0.3, -0.25) is 0 Å². The van der Waals surface area contributed by atoms with Crippen molar-refractivity contribution in [1.82, 2.24) is 0 Å². The van der Waals surface area contributed by atoms with Gasteiger partial charge < -0.3 is 29.9 Å². The molecule has 17 heavy (non-hydrogen) atoms. The summed E-state index contributed by atoms with van der Waals surface area (Å²) in [6.45, 7) is -0.473. The van der Waals surface area contributed by atoms with Gasteiger partial charge in [0.15, 0.2) is 6.29 Å². The molecule has 0 spiro atoms. The van der Waals surface area contributed by atoms with Gasteiger partial charge in [0, 0.05) is 11.5 Å². The molecule has 9 heteroatoms. The van der Waals surface area contributed by atoms with Crippen LogP contribution in [0.5, 0.6) is 0 Å². The fourth-order valence-electron chi connectivity index (χ4n) is 1.46. The summed E-state index contributed by atoms with van der Waals surface area (Å²) in [4.78, 5) is 2.51. The number of rotatable bonds is 5. The lowest BCUT2D eigenvalue weighted by molar-refractivity contribution is -0.300. The molecule has 1 fully saturated rings. The number of hydrogen-bond acceptors (Lipinski definition) is 7. The lowest BCUT2D eigenvalue weighted by Crippen LogP contribution is -2.59. The Morgan fingerprint density at radius 2 is 1.94 bits per heavy atom. The van der Waals surface area contributed by atoms with Gasteiger partial charge >= 0.3 is 0 Å². The SMILES string of the molecule is [N-]=[N+]=NCCOC1OC(CO)[C@H](O)C(O)C1O. The molecule has 4 N–H and O–H groups in total. The van der Waals surface area contributed by atoms with Crippen LogP contribution in [-0.4, -0.2) is 70.9 Å². The third-order valence-corrected chi connectivity index (χ3v) is 2.39. The number of aliphatic hydroxyl groups is 4. The summed E-state index contributed by atoms with van der Waals surface area (Å²) < 4.78 is 10.1. The van der Waals surface area contributed by atoms with Crippen LogP contribution in [0.2, 0.25) is 0 Å².